The van der Waals surface area contributed by atoms with Gasteiger partial charge in [-0.15, -0.1) is 0 Å². The molecule has 14 heteroatoms. The summed E-state index contributed by atoms with van der Waals surface area (Å²) in [6.45, 7) is 0. The maximum absolute atomic E-state index is 13.5. The molecule has 2 aromatic carbocycles. The molecule has 3 amide bonds. The molecule has 4 rings (SSSR count). The van der Waals surface area contributed by atoms with E-state index in [0.29, 0.717) is 12.8 Å². The fraction of sp³-hybridized carbons (Fsp3) is 0.429. The molecule has 4 N–H and O–H groups in total. The number of anilines is 1. The molecule has 226 valence electrons. The number of benzodiazepines with no additional fused rings is 1. The van der Waals surface area contributed by atoms with E-state index in [9.17, 15) is 40.7 Å². The number of halogens is 6. The molecule has 0 radical (unpaired) electrons. The Labute approximate surface area is 236 Å². The summed E-state index contributed by atoms with van der Waals surface area (Å²) in [4.78, 5) is 43.3. The standard InChI is InChI=1S/C28H28F6N4O4/c1-42-20-7-3-6-18-21(15-4-2-5-16(13-15)28(32,33)34)36-24(26(41)37-22(18)20)38-25(40)19(12-14-8-9-14)17(23(35)39)10-11-27(29,30)31/h2-7,13-14,17,19,24H,8-12H2,1H3,(H2,35,39)(H,37,41)(H,38,40)/t17-,19+,24-/m1/s1. The lowest BCUT2D eigenvalue weighted by atomic mass is 9.83. The van der Waals surface area contributed by atoms with Crippen molar-refractivity contribution in [3.05, 3.63) is 59.2 Å². The van der Waals surface area contributed by atoms with Crippen molar-refractivity contribution in [1.29, 1.82) is 0 Å². The summed E-state index contributed by atoms with van der Waals surface area (Å²) < 4.78 is 84.8. The molecule has 0 unspecified atom stereocenters. The van der Waals surface area contributed by atoms with Gasteiger partial charge in [0, 0.05) is 29.4 Å². The molecule has 1 aliphatic heterocycles. The van der Waals surface area contributed by atoms with E-state index in [4.69, 9.17) is 10.5 Å². The first-order valence-electron chi connectivity index (χ1n) is 13.1. The Kier molecular flexibility index (Phi) is 8.83. The second-order valence-electron chi connectivity index (χ2n) is 10.3. The number of aliphatic imine (C=N–C) groups is 1. The minimum absolute atomic E-state index is 0.00543. The molecule has 42 heavy (non-hydrogen) atoms. The van der Waals surface area contributed by atoms with Gasteiger partial charge in [0.2, 0.25) is 18.0 Å². The van der Waals surface area contributed by atoms with Gasteiger partial charge in [-0.25, -0.2) is 4.99 Å². The van der Waals surface area contributed by atoms with E-state index in [2.05, 4.69) is 15.6 Å². The molecule has 0 spiro atoms. The first-order chi connectivity index (χ1) is 19.7. The summed E-state index contributed by atoms with van der Waals surface area (Å²) in [7, 11) is 1.32. The van der Waals surface area contributed by atoms with Crippen molar-refractivity contribution in [3.8, 4) is 5.75 Å². The van der Waals surface area contributed by atoms with Gasteiger partial charge in [-0.1, -0.05) is 37.1 Å². The van der Waals surface area contributed by atoms with E-state index in [0.717, 1.165) is 18.2 Å². The number of nitrogens with one attached hydrogen (secondary N) is 2. The average Bonchev–Trinajstić information content (AvgIpc) is 3.74. The van der Waals surface area contributed by atoms with Crippen molar-refractivity contribution in [2.45, 2.75) is 50.6 Å². The van der Waals surface area contributed by atoms with Crippen LogP contribution in [0.4, 0.5) is 32.0 Å². The first kappa shape index (κ1) is 30.8. The molecule has 1 fully saturated rings. The van der Waals surface area contributed by atoms with Gasteiger partial charge in [-0.05, 0) is 37.0 Å². The van der Waals surface area contributed by atoms with Crippen LogP contribution in [0.3, 0.4) is 0 Å². The van der Waals surface area contributed by atoms with Crippen LogP contribution in [0, 0.1) is 17.8 Å². The van der Waals surface area contributed by atoms with E-state index >= 15 is 0 Å². The maximum atomic E-state index is 13.5. The van der Waals surface area contributed by atoms with Crippen molar-refractivity contribution in [2.24, 2.45) is 28.5 Å². The van der Waals surface area contributed by atoms with Crippen molar-refractivity contribution in [3.63, 3.8) is 0 Å². The summed E-state index contributed by atoms with van der Waals surface area (Å²) in [5.41, 5.74) is 4.63. The Morgan fingerprint density at radius 1 is 1.10 bits per heavy atom. The van der Waals surface area contributed by atoms with Gasteiger partial charge in [-0.2, -0.15) is 26.3 Å². The third kappa shape index (κ3) is 7.39. The number of alkyl halides is 6. The number of carbonyl (C=O) groups excluding carboxylic acids is 3. The maximum Gasteiger partial charge on any atom is 0.416 e. The number of primary amides is 1. The smallest absolute Gasteiger partial charge is 0.416 e. The summed E-state index contributed by atoms with van der Waals surface area (Å²) in [6, 6.07) is 8.76. The molecule has 1 saturated carbocycles. The first-order valence-corrected chi connectivity index (χ1v) is 13.1. The fourth-order valence-corrected chi connectivity index (χ4v) is 4.92. The molecule has 0 bridgehead atoms. The van der Waals surface area contributed by atoms with Gasteiger partial charge in [0.15, 0.2) is 0 Å². The predicted molar refractivity (Wildman–Crippen MR) is 139 cm³/mol. The Morgan fingerprint density at radius 2 is 1.79 bits per heavy atom. The Bertz CT molecular complexity index is 1390. The zero-order valence-electron chi connectivity index (χ0n) is 22.3. The van der Waals surface area contributed by atoms with Crippen LogP contribution < -0.4 is 21.1 Å². The number of benzene rings is 2. The number of hydrogen-bond donors (Lipinski definition) is 3. The van der Waals surface area contributed by atoms with E-state index in [1.54, 1.807) is 0 Å². The zero-order valence-corrected chi connectivity index (χ0v) is 22.3. The van der Waals surface area contributed by atoms with Crippen LogP contribution in [0.5, 0.6) is 5.75 Å². The highest BCUT2D eigenvalue weighted by Crippen LogP contribution is 2.40. The molecule has 3 atom stereocenters. The third-order valence-electron chi connectivity index (χ3n) is 7.21. The third-order valence-corrected chi connectivity index (χ3v) is 7.21. The minimum atomic E-state index is -4.68. The molecule has 1 aliphatic carbocycles. The van der Waals surface area contributed by atoms with Crippen LogP contribution in [-0.2, 0) is 20.6 Å². The summed E-state index contributed by atoms with van der Waals surface area (Å²) in [6.07, 6.45) is -11.5. The quantitative estimate of drug-likeness (QED) is 0.340. The van der Waals surface area contributed by atoms with Crippen LogP contribution >= 0.6 is 0 Å². The van der Waals surface area contributed by atoms with Crippen molar-refractivity contribution >= 4 is 29.1 Å². The lowest BCUT2D eigenvalue weighted by molar-refractivity contribution is -0.146. The van der Waals surface area contributed by atoms with Gasteiger partial charge in [-0.3, -0.25) is 14.4 Å². The van der Waals surface area contributed by atoms with E-state index in [-0.39, 0.29) is 40.6 Å². The number of nitrogens with zero attached hydrogens (tertiary/aromatic N) is 1. The normalized spacial score (nSPS) is 18.6. The molecule has 2 aromatic rings. The van der Waals surface area contributed by atoms with Crippen molar-refractivity contribution in [1.82, 2.24) is 5.32 Å². The SMILES string of the molecule is COc1cccc2c1NC(=O)[C@@H](NC(=O)[C@@H](CC1CC1)[C@@H](CCC(F)(F)F)C(N)=O)N=C2c1cccc(C(F)(F)F)c1. The fourth-order valence-electron chi connectivity index (χ4n) is 4.92. The van der Waals surface area contributed by atoms with Crippen LogP contribution in [0.15, 0.2) is 47.5 Å². The molecule has 8 nitrogen and oxygen atoms in total. The molecular formula is C28H28F6N4O4. The Morgan fingerprint density at radius 3 is 2.38 bits per heavy atom. The van der Waals surface area contributed by atoms with Gasteiger partial charge in [0.05, 0.1) is 24.1 Å². The van der Waals surface area contributed by atoms with E-state index < -0.39 is 66.5 Å². The number of ether oxygens (including phenoxy) is 1. The molecule has 2 aliphatic rings. The highest BCUT2D eigenvalue weighted by Gasteiger charge is 2.41. The number of hydrogen-bond acceptors (Lipinski definition) is 5. The molecule has 0 saturated heterocycles. The zero-order chi connectivity index (χ0) is 30.8. The molecule has 1 heterocycles. The molecular weight excluding hydrogens is 570 g/mol. The average molecular weight is 599 g/mol. The van der Waals surface area contributed by atoms with Crippen LogP contribution in [0.1, 0.15) is 48.8 Å². The molecule has 0 aromatic heterocycles. The second-order valence-corrected chi connectivity index (χ2v) is 10.3. The number of para-hydroxylation sites is 1. The number of fused-ring (bicyclic) bond motifs is 1. The van der Waals surface area contributed by atoms with Gasteiger partial charge in [0.1, 0.15) is 5.75 Å². The Balaban J connectivity index is 1.74. The highest BCUT2D eigenvalue weighted by molar-refractivity contribution is 6.20. The van der Waals surface area contributed by atoms with Crippen LogP contribution in [-0.4, -0.2) is 42.9 Å². The number of amides is 3. The number of carbonyl (C=O) groups is 3. The van der Waals surface area contributed by atoms with Crippen molar-refractivity contribution in [2.75, 3.05) is 12.4 Å². The monoisotopic (exact) mass is 598 g/mol. The number of methoxy groups -OCH3 is 1. The lowest BCUT2D eigenvalue weighted by Crippen LogP contribution is -2.48. The summed E-state index contributed by atoms with van der Waals surface area (Å²) in [5, 5.41) is 4.98. The summed E-state index contributed by atoms with van der Waals surface area (Å²) >= 11 is 0. The van der Waals surface area contributed by atoms with Crippen molar-refractivity contribution < 1.29 is 45.5 Å². The second kappa shape index (κ2) is 12.0. The largest absolute Gasteiger partial charge is 0.495 e. The number of rotatable bonds is 10. The number of nitrogens with two attached hydrogens (primary N) is 1. The van der Waals surface area contributed by atoms with Gasteiger partial charge in [0.25, 0.3) is 5.91 Å². The summed E-state index contributed by atoms with van der Waals surface area (Å²) in [5.74, 6) is -5.47. The predicted octanol–water partition coefficient (Wildman–Crippen LogP) is 4.81. The van der Waals surface area contributed by atoms with E-state index in [1.807, 2.05) is 0 Å². The lowest BCUT2D eigenvalue weighted by Gasteiger charge is -2.26. The highest BCUT2D eigenvalue weighted by atomic mass is 19.4. The minimum Gasteiger partial charge on any atom is -0.495 e. The van der Waals surface area contributed by atoms with Crippen LogP contribution in [0.25, 0.3) is 0 Å². The van der Waals surface area contributed by atoms with Gasteiger partial charge < -0.3 is 21.1 Å². The van der Waals surface area contributed by atoms with Crippen LogP contribution in [0.2, 0.25) is 0 Å². The van der Waals surface area contributed by atoms with E-state index in [1.165, 1.54) is 31.4 Å². The topological polar surface area (TPSA) is 123 Å². The van der Waals surface area contributed by atoms with Gasteiger partial charge >= 0.3 is 12.4 Å². The Hall–Kier alpha value is -4.10.